The minimum Gasteiger partial charge on any atom is -0.366 e. The first kappa shape index (κ1) is 12.3. The summed E-state index contributed by atoms with van der Waals surface area (Å²) < 4.78 is 1.08. The van der Waals surface area contributed by atoms with Crippen molar-refractivity contribution in [2.75, 3.05) is 5.32 Å². The quantitative estimate of drug-likeness (QED) is 0.772. The Balaban J connectivity index is 1.96. The molecule has 0 saturated heterocycles. The molecule has 3 aromatic heterocycles. The van der Waals surface area contributed by atoms with Crippen LogP contribution in [0.2, 0.25) is 5.02 Å². The number of pyridine rings is 1. The lowest BCUT2D eigenvalue weighted by atomic mass is 9.93. The fourth-order valence-corrected chi connectivity index (χ4v) is 3.76. The van der Waals surface area contributed by atoms with E-state index in [0.717, 1.165) is 31.8 Å². The number of hydrogen-bond donors (Lipinski definition) is 1. The smallest absolute Gasteiger partial charge is 0.147 e. The standard InChI is InChI=1S/C14H13ClN4S/c1-7-9(15)5-16-14-10(7)11-12(20-14)13(18-6-17-11)19-8-3-2-4-8/h5-6,8H,2-4H2,1H3,(H,17,18,19). The van der Waals surface area contributed by atoms with Crippen molar-refractivity contribution >= 4 is 49.2 Å². The van der Waals surface area contributed by atoms with Crippen molar-refractivity contribution in [2.24, 2.45) is 0 Å². The lowest BCUT2D eigenvalue weighted by Crippen LogP contribution is -2.27. The molecule has 3 heterocycles. The topological polar surface area (TPSA) is 50.7 Å². The van der Waals surface area contributed by atoms with Crippen LogP contribution in [0.1, 0.15) is 24.8 Å². The third-order valence-electron chi connectivity index (χ3n) is 3.93. The molecule has 6 heteroatoms. The van der Waals surface area contributed by atoms with Gasteiger partial charge in [-0.1, -0.05) is 11.6 Å². The zero-order valence-corrected chi connectivity index (χ0v) is 12.6. The molecule has 1 aliphatic carbocycles. The van der Waals surface area contributed by atoms with Gasteiger partial charge in [0.15, 0.2) is 0 Å². The van der Waals surface area contributed by atoms with Crippen LogP contribution in [0.3, 0.4) is 0 Å². The molecule has 1 aliphatic rings. The zero-order valence-electron chi connectivity index (χ0n) is 11.0. The third-order valence-corrected chi connectivity index (χ3v) is 5.40. The van der Waals surface area contributed by atoms with Gasteiger partial charge in [-0.05, 0) is 31.7 Å². The second-order valence-corrected chi connectivity index (χ2v) is 6.59. The largest absolute Gasteiger partial charge is 0.366 e. The SMILES string of the molecule is Cc1c(Cl)cnc2sc3c(NC4CCC4)ncnc3c12. The van der Waals surface area contributed by atoms with Gasteiger partial charge in [-0.2, -0.15) is 0 Å². The van der Waals surface area contributed by atoms with Gasteiger partial charge in [-0.3, -0.25) is 0 Å². The Labute approximate surface area is 125 Å². The number of nitrogens with zero attached hydrogens (tertiary/aromatic N) is 3. The average Bonchev–Trinajstić information content (AvgIpc) is 2.78. The highest BCUT2D eigenvalue weighted by Gasteiger charge is 2.20. The van der Waals surface area contributed by atoms with E-state index in [1.54, 1.807) is 23.9 Å². The molecule has 102 valence electrons. The number of hydrogen-bond acceptors (Lipinski definition) is 5. The number of aryl methyl sites for hydroxylation is 1. The van der Waals surface area contributed by atoms with Gasteiger partial charge in [-0.15, -0.1) is 11.3 Å². The van der Waals surface area contributed by atoms with Gasteiger partial charge in [0.2, 0.25) is 0 Å². The summed E-state index contributed by atoms with van der Waals surface area (Å²) in [5.74, 6) is 0.929. The van der Waals surface area contributed by atoms with E-state index >= 15 is 0 Å². The first-order chi connectivity index (χ1) is 9.74. The number of nitrogens with one attached hydrogen (secondary N) is 1. The second-order valence-electron chi connectivity index (χ2n) is 5.19. The molecule has 0 bridgehead atoms. The van der Waals surface area contributed by atoms with E-state index in [1.165, 1.54) is 19.3 Å². The van der Waals surface area contributed by atoms with Crippen LogP contribution in [0.5, 0.6) is 0 Å². The van der Waals surface area contributed by atoms with Gasteiger partial charge < -0.3 is 5.32 Å². The van der Waals surface area contributed by atoms with Gasteiger partial charge in [0.05, 0.1) is 15.2 Å². The minimum atomic E-state index is 0.552. The maximum absolute atomic E-state index is 6.18. The van der Waals surface area contributed by atoms with Gasteiger partial charge in [0.25, 0.3) is 0 Å². The number of aromatic nitrogens is 3. The summed E-state index contributed by atoms with van der Waals surface area (Å²) in [6, 6.07) is 0.552. The van der Waals surface area contributed by atoms with Crippen molar-refractivity contribution in [3.8, 4) is 0 Å². The Morgan fingerprint density at radius 3 is 2.90 bits per heavy atom. The molecule has 0 aliphatic heterocycles. The summed E-state index contributed by atoms with van der Waals surface area (Å²) in [5.41, 5.74) is 1.99. The molecule has 0 atom stereocenters. The van der Waals surface area contributed by atoms with Gasteiger partial charge in [0.1, 0.15) is 17.0 Å². The molecule has 1 saturated carbocycles. The van der Waals surface area contributed by atoms with Crippen LogP contribution in [-0.2, 0) is 0 Å². The Hall–Kier alpha value is -1.46. The molecule has 0 spiro atoms. The molecular weight excluding hydrogens is 292 g/mol. The summed E-state index contributed by atoms with van der Waals surface area (Å²) in [6.07, 6.45) is 7.07. The lowest BCUT2D eigenvalue weighted by Gasteiger charge is -2.26. The van der Waals surface area contributed by atoms with Crippen LogP contribution in [-0.4, -0.2) is 21.0 Å². The van der Waals surface area contributed by atoms with Crippen LogP contribution >= 0.6 is 22.9 Å². The summed E-state index contributed by atoms with van der Waals surface area (Å²) in [7, 11) is 0. The van der Waals surface area contributed by atoms with Crippen LogP contribution in [0, 0.1) is 6.92 Å². The zero-order chi connectivity index (χ0) is 13.7. The first-order valence-corrected chi connectivity index (χ1v) is 7.88. The number of anilines is 1. The van der Waals surface area contributed by atoms with Gasteiger partial charge in [0, 0.05) is 17.6 Å². The number of fused-ring (bicyclic) bond motifs is 3. The normalized spacial score (nSPS) is 15.7. The molecule has 4 nitrogen and oxygen atoms in total. The molecule has 4 rings (SSSR count). The fourth-order valence-electron chi connectivity index (χ4n) is 2.51. The highest BCUT2D eigenvalue weighted by Crippen LogP contribution is 2.38. The van der Waals surface area contributed by atoms with Gasteiger partial charge in [-0.25, -0.2) is 15.0 Å². The van der Waals surface area contributed by atoms with E-state index in [1.807, 2.05) is 6.92 Å². The molecule has 0 amide bonds. The monoisotopic (exact) mass is 304 g/mol. The van der Waals surface area contributed by atoms with E-state index in [2.05, 4.69) is 20.3 Å². The highest BCUT2D eigenvalue weighted by molar-refractivity contribution is 7.26. The minimum absolute atomic E-state index is 0.552. The average molecular weight is 305 g/mol. The number of halogens is 1. The first-order valence-electron chi connectivity index (χ1n) is 6.69. The van der Waals surface area contributed by atoms with E-state index in [9.17, 15) is 0 Å². The van der Waals surface area contributed by atoms with Crippen LogP contribution < -0.4 is 5.32 Å². The van der Waals surface area contributed by atoms with E-state index in [-0.39, 0.29) is 0 Å². The van der Waals surface area contributed by atoms with E-state index in [0.29, 0.717) is 11.1 Å². The molecule has 1 fully saturated rings. The third kappa shape index (κ3) is 1.77. The van der Waals surface area contributed by atoms with Gasteiger partial charge >= 0.3 is 0 Å². The number of rotatable bonds is 2. The molecule has 0 unspecified atom stereocenters. The van der Waals surface area contributed by atoms with Crippen molar-refractivity contribution in [1.82, 2.24) is 15.0 Å². The van der Waals surface area contributed by atoms with Crippen LogP contribution in [0.25, 0.3) is 20.4 Å². The summed E-state index contributed by atoms with van der Waals surface area (Å²) in [5, 5.41) is 5.25. The Bertz CT molecular complexity index is 810. The maximum atomic E-state index is 6.18. The Kier molecular flexibility index (Phi) is 2.79. The molecule has 1 N–H and O–H groups in total. The predicted molar refractivity (Wildman–Crippen MR) is 83.7 cm³/mol. The molecule has 20 heavy (non-hydrogen) atoms. The number of thiophene rings is 1. The fraction of sp³-hybridized carbons (Fsp3) is 0.357. The summed E-state index contributed by atoms with van der Waals surface area (Å²) in [4.78, 5) is 14.2. The Morgan fingerprint density at radius 1 is 1.30 bits per heavy atom. The summed E-state index contributed by atoms with van der Waals surface area (Å²) in [6.45, 7) is 2.01. The van der Waals surface area contributed by atoms with Crippen molar-refractivity contribution in [3.63, 3.8) is 0 Å². The summed E-state index contributed by atoms with van der Waals surface area (Å²) >= 11 is 7.81. The Morgan fingerprint density at radius 2 is 2.15 bits per heavy atom. The van der Waals surface area contributed by atoms with Crippen LogP contribution in [0.15, 0.2) is 12.5 Å². The predicted octanol–water partition coefficient (Wildman–Crippen LogP) is 4.17. The van der Waals surface area contributed by atoms with E-state index < -0.39 is 0 Å². The van der Waals surface area contributed by atoms with Crippen LogP contribution in [0.4, 0.5) is 5.82 Å². The highest BCUT2D eigenvalue weighted by atomic mass is 35.5. The molecule has 0 radical (unpaired) electrons. The lowest BCUT2D eigenvalue weighted by molar-refractivity contribution is 0.445. The van der Waals surface area contributed by atoms with E-state index in [4.69, 9.17) is 11.6 Å². The second kappa shape index (κ2) is 4.53. The molecule has 0 aromatic carbocycles. The molecular formula is C14H13ClN4S. The van der Waals surface area contributed by atoms with Crippen molar-refractivity contribution in [3.05, 3.63) is 23.1 Å². The van der Waals surface area contributed by atoms with Crippen molar-refractivity contribution in [2.45, 2.75) is 32.2 Å². The van der Waals surface area contributed by atoms with Crippen molar-refractivity contribution in [1.29, 1.82) is 0 Å². The maximum Gasteiger partial charge on any atom is 0.147 e. The van der Waals surface area contributed by atoms with Crippen molar-refractivity contribution < 1.29 is 0 Å². The molecule has 3 aromatic rings.